The van der Waals surface area contributed by atoms with Gasteiger partial charge in [-0.3, -0.25) is 4.79 Å². The Labute approximate surface area is 174 Å². The molecule has 0 saturated carbocycles. The van der Waals surface area contributed by atoms with Gasteiger partial charge in [0, 0.05) is 27.8 Å². The van der Waals surface area contributed by atoms with Crippen molar-refractivity contribution in [2.75, 3.05) is 26.3 Å². The van der Waals surface area contributed by atoms with Crippen LogP contribution in [0.1, 0.15) is 15.4 Å². The number of amides is 1. The molecule has 1 aromatic carbocycles. The van der Waals surface area contributed by atoms with E-state index in [1.54, 1.807) is 24.3 Å². The third-order valence-electron chi connectivity index (χ3n) is 4.33. The van der Waals surface area contributed by atoms with Gasteiger partial charge in [-0.2, -0.15) is 4.31 Å². The van der Waals surface area contributed by atoms with Crippen LogP contribution < -0.4 is 5.32 Å². The Morgan fingerprint density at radius 3 is 2.75 bits per heavy atom. The number of nitrogens with one attached hydrogen (secondary N) is 1. The molecule has 0 bridgehead atoms. The number of fused-ring (bicyclic) bond motifs is 1. The van der Waals surface area contributed by atoms with E-state index in [0.717, 1.165) is 26.1 Å². The first kappa shape index (κ1) is 19.6. The average Bonchev–Trinajstić information content (AvgIpc) is 3.34. The lowest BCUT2D eigenvalue weighted by atomic mass is 10.2. The summed E-state index contributed by atoms with van der Waals surface area (Å²) in [4.78, 5) is 13.1. The fourth-order valence-corrected chi connectivity index (χ4v) is 6.12. The molecule has 10 heteroatoms. The number of thiophene rings is 1. The molecular weight excluding hydrogens is 468 g/mol. The van der Waals surface area contributed by atoms with Crippen molar-refractivity contribution in [3.8, 4) is 0 Å². The van der Waals surface area contributed by atoms with E-state index >= 15 is 0 Å². The number of benzene rings is 1. The highest BCUT2D eigenvalue weighted by Gasteiger charge is 2.27. The van der Waals surface area contributed by atoms with Crippen LogP contribution in [0.25, 0.3) is 11.0 Å². The van der Waals surface area contributed by atoms with Crippen LogP contribution >= 0.6 is 27.3 Å². The van der Waals surface area contributed by atoms with Gasteiger partial charge >= 0.3 is 0 Å². The van der Waals surface area contributed by atoms with E-state index in [1.807, 2.05) is 12.1 Å². The average molecular weight is 485 g/mol. The highest BCUT2D eigenvalue weighted by Crippen LogP contribution is 2.26. The van der Waals surface area contributed by atoms with Gasteiger partial charge in [0.25, 0.3) is 15.9 Å². The number of hydrogen-bond donors (Lipinski definition) is 1. The maximum Gasteiger partial charge on any atom is 0.287 e. The van der Waals surface area contributed by atoms with Crippen LogP contribution in [0.4, 0.5) is 0 Å². The molecule has 0 radical (unpaired) electrons. The summed E-state index contributed by atoms with van der Waals surface area (Å²) in [5.41, 5.74) is 0.628. The van der Waals surface area contributed by atoms with Gasteiger partial charge in [0.2, 0.25) is 0 Å². The zero-order valence-corrected chi connectivity index (χ0v) is 17.9. The monoisotopic (exact) mass is 484 g/mol. The molecule has 1 saturated heterocycles. The topological polar surface area (TPSA) is 88.9 Å². The van der Waals surface area contributed by atoms with Crippen molar-refractivity contribution in [2.24, 2.45) is 0 Å². The van der Waals surface area contributed by atoms with E-state index < -0.39 is 10.0 Å². The predicted octanol–water partition coefficient (Wildman–Crippen LogP) is 3.21. The lowest BCUT2D eigenvalue weighted by Crippen LogP contribution is -2.40. The second kappa shape index (κ2) is 7.96. The highest BCUT2D eigenvalue weighted by atomic mass is 79.9. The molecule has 0 aliphatic carbocycles. The number of ether oxygens (including phenoxy) is 1. The van der Waals surface area contributed by atoms with E-state index in [9.17, 15) is 13.2 Å². The summed E-state index contributed by atoms with van der Waals surface area (Å²) in [7, 11) is -3.52. The number of sulfonamides is 1. The van der Waals surface area contributed by atoms with Crippen LogP contribution in [-0.2, 0) is 21.3 Å². The highest BCUT2D eigenvalue weighted by molar-refractivity contribution is 9.10. The molecule has 1 fully saturated rings. The third kappa shape index (κ3) is 4.01. The van der Waals surface area contributed by atoms with Gasteiger partial charge in [-0.1, -0.05) is 15.9 Å². The summed E-state index contributed by atoms with van der Waals surface area (Å²) in [5, 5.41) is 3.60. The van der Waals surface area contributed by atoms with Crippen molar-refractivity contribution in [3.63, 3.8) is 0 Å². The summed E-state index contributed by atoms with van der Waals surface area (Å²) in [6.07, 6.45) is 0. The maximum absolute atomic E-state index is 12.7. The summed E-state index contributed by atoms with van der Waals surface area (Å²) in [5.74, 6) is -0.135. The molecule has 4 rings (SSSR count). The molecule has 28 heavy (non-hydrogen) atoms. The summed E-state index contributed by atoms with van der Waals surface area (Å²) in [6, 6.07) is 10.5. The molecule has 1 N–H and O–H groups in total. The molecule has 7 nitrogen and oxygen atoms in total. The lowest BCUT2D eigenvalue weighted by Gasteiger charge is -2.25. The van der Waals surface area contributed by atoms with Gasteiger partial charge in [-0.15, -0.1) is 11.3 Å². The van der Waals surface area contributed by atoms with E-state index in [1.165, 1.54) is 4.31 Å². The minimum absolute atomic E-state index is 0.214. The van der Waals surface area contributed by atoms with E-state index in [4.69, 9.17) is 9.15 Å². The number of carbonyl (C=O) groups is 1. The SMILES string of the molecule is O=C(NCc1ccc(S(=O)(=O)N2CCOCC2)s1)c1cc2cc(Br)ccc2o1. The fraction of sp³-hybridized carbons (Fsp3) is 0.278. The first-order chi connectivity index (χ1) is 13.4. The quantitative estimate of drug-likeness (QED) is 0.600. The Morgan fingerprint density at radius 1 is 1.18 bits per heavy atom. The third-order valence-corrected chi connectivity index (χ3v) is 8.27. The number of morpholine rings is 1. The standard InChI is InChI=1S/C18H17BrN2O5S2/c19-13-1-3-15-12(9-13)10-16(26-15)18(22)20-11-14-2-4-17(27-14)28(23,24)21-5-7-25-8-6-21/h1-4,9-10H,5-8,11H2,(H,20,22). The van der Waals surface area contributed by atoms with Crippen LogP contribution in [-0.4, -0.2) is 44.9 Å². The molecule has 1 amide bonds. The number of furan rings is 1. The number of halogens is 1. The first-order valence-electron chi connectivity index (χ1n) is 8.57. The van der Waals surface area contributed by atoms with Gasteiger partial charge < -0.3 is 14.5 Å². The van der Waals surface area contributed by atoms with Crippen LogP contribution in [0.5, 0.6) is 0 Å². The van der Waals surface area contributed by atoms with Crippen molar-refractivity contribution in [1.29, 1.82) is 0 Å². The number of rotatable bonds is 5. The van der Waals surface area contributed by atoms with Crippen LogP contribution in [0.15, 0.2) is 49.5 Å². The second-order valence-corrected chi connectivity index (χ2v) is 10.5. The molecule has 148 valence electrons. The minimum Gasteiger partial charge on any atom is -0.451 e. The van der Waals surface area contributed by atoms with E-state index in [-0.39, 0.29) is 22.4 Å². The van der Waals surface area contributed by atoms with Gasteiger partial charge in [0.05, 0.1) is 19.8 Å². The molecule has 3 aromatic rings. The summed E-state index contributed by atoms with van der Waals surface area (Å²) >= 11 is 4.54. The van der Waals surface area contributed by atoms with Gasteiger partial charge in [0.15, 0.2) is 5.76 Å². The van der Waals surface area contributed by atoms with Crippen LogP contribution in [0, 0.1) is 0 Å². The lowest BCUT2D eigenvalue weighted by molar-refractivity contribution is 0.0731. The zero-order valence-electron chi connectivity index (χ0n) is 14.7. The second-order valence-electron chi connectivity index (χ2n) is 6.21. The fourth-order valence-electron chi connectivity index (χ4n) is 2.89. The minimum atomic E-state index is -3.52. The first-order valence-corrected chi connectivity index (χ1v) is 11.6. The maximum atomic E-state index is 12.7. The molecule has 0 atom stereocenters. The van der Waals surface area contributed by atoms with Crippen LogP contribution in [0.3, 0.4) is 0 Å². The largest absolute Gasteiger partial charge is 0.451 e. The predicted molar refractivity (Wildman–Crippen MR) is 109 cm³/mol. The molecule has 1 aliphatic rings. The molecule has 3 heterocycles. The smallest absolute Gasteiger partial charge is 0.287 e. The molecule has 1 aliphatic heterocycles. The van der Waals surface area contributed by atoms with Gasteiger partial charge in [0.1, 0.15) is 9.79 Å². The molecule has 0 unspecified atom stereocenters. The molecular formula is C18H17BrN2O5S2. The van der Waals surface area contributed by atoms with Crippen LogP contribution in [0.2, 0.25) is 0 Å². The van der Waals surface area contributed by atoms with Crippen molar-refractivity contribution in [1.82, 2.24) is 9.62 Å². The Morgan fingerprint density at radius 2 is 1.96 bits per heavy atom. The summed E-state index contributed by atoms with van der Waals surface area (Å²) in [6.45, 7) is 1.75. The van der Waals surface area contributed by atoms with Crippen molar-refractivity contribution in [2.45, 2.75) is 10.8 Å². The number of hydrogen-bond acceptors (Lipinski definition) is 6. The van der Waals surface area contributed by atoms with E-state index in [0.29, 0.717) is 31.9 Å². The van der Waals surface area contributed by atoms with Crippen molar-refractivity contribution in [3.05, 3.63) is 51.5 Å². The number of carbonyl (C=O) groups excluding carboxylic acids is 1. The Balaban J connectivity index is 1.43. The zero-order chi connectivity index (χ0) is 19.7. The molecule has 0 spiro atoms. The molecule has 2 aromatic heterocycles. The van der Waals surface area contributed by atoms with Crippen molar-refractivity contribution >= 4 is 54.2 Å². The van der Waals surface area contributed by atoms with Gasteiger partial charge in [-0.25, -0.2) is 8.42 Å². The normalized spacial score (nSPS) is 15.8. The number of nitrogens with zero attached hydrogens (tertiary/aromatic N) is 1. The van der Waals surface area contributed by atoms with Crippen molar-refractivity contribution < 1.29 is 22.4 Å². The Kier molecular flexibility index (Phi) is 5.57. The Bertz CT molecular complexity index is 1120. The van der Waals surface area contributed by atoms with Gasteiger partial charge in [-0.05, 0) is 36.4 Å². The summed E-state index contributed by atoms with van der Waals surface area (Å²) < 4.78 is 38.7. The van der Waals surface area contributed by atoms with E-state index in [2.05, 4.69) is 21.2 Å². The Hall–Kier alpha value is -1.72.